The van der Waals surface area contributed by atoms with Gasteiger partial charge in [0.2, 0.25) is 0 Å². The second-order valence-electron chi connectivity index (χ2n) is 7.37. The van der Waals surface area contributed by atoms with Crippen molar-refractivity contribution in [3.63, 3.8) is 0 Å². The molecule has 4 rings (SSSR count). The number of hydrogen-bond donors (Lipinski definition) is 1. The van der Waals surface area contributed by atoms with E-state index in [9.17, 15) is 19.1 Å². The lowest BCUT2D eigenvalue weighted by atomic mass is 9.95. The molecule has 7 heteroatoms. The number of amides is 1. The van der Waals surface area contributed by atoms with Crippen LogP contribution in [0.4, 0.5) is 4.39 Å². The van der Waals surface area contributed by atoms with E-state index in [4.69, 9.17) is 9.47 Å². The third kappa shape index (κ3) is 3.68. The Morgan fingerprint density at radius 3 is 2.47 bits per heavy atom. The number of Topliss-reactive ketones (excluding diaryl/α,β-unsaturated/α-hetero) is 1. The van der Waals surface area contributed by atoms with Gasteiger partial charge in [-0.1, -0.05) is 12.1 Å². The summed E-state index contributed by atoms with van der Waals surface area (Å²) in [4.78, 5) is 27.2. The summed E-state index contributed by atoms with van der Waals surface area (Å²) < 4.78 is 24.3. The first-order chi connectivity index (χ1) is 14.5. The molecule has 30 heavy (non-hydrogen) atoms. The maximum absolute atomic E-state index is 13.5. The Morgan fingerprint density at radius 1 is 1.17 bits per heavy atom. The highest BCUT2D eigenvalue weighted by Crippen LogP contribution is 2.40. The van der Waals surface area contributed by atoms with Crippen LogP contribution in [0.2, 0.25) is 0 Å². The third-order valence-corrected chi connectivity index (χ3v) is 5.51. The van der Waals surface area contributed by atoms with Crippen LogP contribution in [0.1, 0.15) is 30.0 Å². The summed E-state index contributed by atoms with van der Waals surface area (Å²) in [5, 5.41) is 11.0. The molecule has 0 aliphatic carbocycles. The number of carbonyl (C=O) groups excluding carboxylic acids is 2. The number of hydrogen-bond acceptors (Lipinski definition) is 5. The van der Waals surface area contributed by atoms with E-state index >= 15 is 0 Å². The fourth-order valence-corrected chi connectivity index (χ4v) is 3.97. The number of halogens is 1. The number of carbonyl (C=O) groups is 2. The van der Waals surface area contributed by atoms with E-state index in [0.717, 1.165) is 12.8 Å². The molecule has 2 fully saturated rings. The van der Waals surface area contributed by atoms with E-state index in [1.165, 1.54) is 36.3 Å². The Morgan fingerprint density at radius 2 is 1.87 bits per heavy atom. The van der Waals surface area contributed by atoms with Crippen LogP contribution < -0.4 is 4.74 Å². The Hall–Kier alpha value is -3.19. The summed E-state index contributed by atoms with van der Waals surface area (Å²) in [6.45, 7) is 0.841. The molecule has 156 valence electrons. The number of aliphatic hydroxyl groups excluding tert-OH is 1. The normalized spacial score (nSPS) is 23.2. The van der Waals surface area contributed by atoms with Crippen LogP contribution in [0, 0.1) is 5.82 Å². The molecule has 2 aliphatic rings. The maximum atomic E-state index is 13.5. The van der Waals surface area contributed by atoms with E-state index in [1.54, 1.807) is 24.3 Å². The number of nitrogens with zero attached hydrogens (tertiary/aromatic N) is 1. The first-order valence-electron chi connectivity index (χ1n) is 9.79. The molecule has 2 aromatic carbocycles. The number of aliphatic hydroxyl groups is 1. The molecule has 0 bridgehead atoms. The van der Waals surface area contributed by atoms with Crippen molar-refractivity contribution >= 4 is 17.4 Å². The highest BCUT2D eigenvalue weighted by atomic mass is 19.1. The van der Waals surface area contributed by atoms with Crippen LogP contribution in [0.5, 0.6) is 5.75 Å². The van der Waals surface area contributed by atoms with Gasteiger partial charge < -0.3 is 19.5 Å². The Kier molecular flexibility index (Phi) is 5.55. The summed E-state index contributed by atoms with van der Waals surface area (Å²) in [6.07, 6.45) is 1.51. The molecule has 2 saturated heterocycles. The quantitative estimate of drug-likeness (QED) is 0.463. The fourth-order valence-electron chi connectivity index (χ4n) is 3.97. The maximum Gasteiger partial charge on any atom is 0.295 e. The molecule has 0 radical (unpaired) electrons. The van der Waals surface area contributed by atoms with Gasteiger partial charge in [0.15, 0.2) is 0 Å². The van der Waals surface area contributed by atoms with Gasteiger partial charge in [-0.2, -0.15) is 0 Å². The Bertz CT molecular complexity index is 978. The van der Waals surface area contributed by atoms with Crippen molar-refractivity contribution in [1.29, 1.82) is 0 Å². The van der Waals surface area contributed by atoms with Crippen LogP contribution in [0.15, 0.2) is 54.1 Å². The SMILES string of the molecule is COc1ccc(C(O)=C2C(=O)C(=O)N(CC3CCCO3)C2c2ccc(F)cc2)cc1. The lowest BCUT2D eigenvalue weighted by molar-refractivity contribution is -0.140. The van der Waals surface area contributed by atoms with Crippen LogP contribution in [0.3, 0.4) is 0 Å². The minimum absolute atomic E-state index is 0.0187. The predicted octanol–water partition coefficient (Wildman–Crippen LogP) is 3.44. The number of rotatable bonds is 5. The molecule has 0 saturated carbocycles. The van der Waals surface area contributed by atoms with Gasteiger partial charge in [0, 0.05) is 18.7 Å². The van der Waals surface area contributed by atoms with Crippen LogP contribution in [0.25, 0.3) is 5.76 Å². The molecule has 2 heterocycles. The van der Waals surface area contributed by atoms with Gasteiger partial charge >= 0.3 is 0 Å². The summed E-state index contributed by atoms with van der Waals surface area (Å²) in [5.74, 6) is -1.57. The number of ether oxygens (including phenoxy) is 2. The van der Waals surface area contributed by atoms with Crippen molar-refractivity contribution < 1.29 is 28.6 Å². The summed E-state index contributed by atoms with van der Waals surface area (Å²) in [5.41, 5.74) is 0.913. The van der Waals surface area contributed by atoms with Crippen molar-refractivity contribution in [3.05, 3.63) is 71.0 Å². The highest BCUT2D eigenvalue weighted by molar-refractivity contribution is 6.46. The average molecular weight is 411 g/mol. The lowest BCUT2D eigenvalue weighted by Gasteiger charge is -2.27. The Labute approximate surface area is 173 Å². The predicted molar refractivity (Wildman–Crippen MR) is 107 cm³/mol. The topological polar surface area (TPSA) is 76.1 Å². The van der Waals surface area contributed by atoms with E-state index in [1.807, 2.05) is 0 Å². The van der Waals surface area contributed by atoms with E-state index < -0.39 is 23.5 Å². The average Bonchev–Trinajstić information content (AvgIpc) is 3.36. The molecule has 2 aromatic rings. The van der Waals surface area contributed by atoms with Gasteiger partial charge in [-0.15, -0.1) is 0 Å². The molecule has 1 N–H and O–H groups in total. The van der Waals surface area contributed by atoms with Crippen LogP contribution >= 0.6 is 0 Å². The lowest BCUT2D eigenvalue weighted by Crippen LogP contribution is -2.36. The number of likely N-dealkylation sites (tertiary alicyclic amines) is 1. The number of ketones is 1. The molecule has 2 unspecified atom stereocenters. The monoisotopic (exact) mass is 411 g/mol. The van der Waals surface area contributed by atoms with Gasteiger partial charge in [0.25, 0.3) is 11.7 Å². The molecule has 0 spiro atoms. The van der Waals surface area contributed by atoms with Crippen molar-refractivity contribution in [2.75, 3.05) is 20.3 Å². The zero-order valence-corrected chi connectivity index (χ0v) is 16.5. The van der Waals surface area contributed by atoms with Crippen molar-refractivity contribution in [2.45, 2.75) is 25.0 Å². The summed E-state index contributed by atoms with van der Waals surface area (Å²) in [6, 6.07) is 11.3. The van der Waals surface area contributed by atoms with Gasteiger partial charge in [0.1, 0.15) is 17.3 Å². The Balaban J connectivity index is 1.80. The first kappa shape index (κ1) is 20.1. The molecular weight excluding hydrogens is 389 g/mol. The zero-order chi connectivity index (χ0) is 21.3. The number of methoxy groups -OCH3 is 1. The van der Waals surface area contributed by atoms with Crippen molar-refractivity contribution in [3.8, 4) is 5.75 Å². The van der Waals surface area contributed by atoms with E-state index in [-0.39, 0.29) is 24.0 Å². The van der Waals surface area contributed by atoms with Crippen LogP contribution in [-0.2, 0) is 14.3 Å². The van der Waals surface area contributed by atoms with Crippen molar-refractivity contribution in [1.82, 2.24) is 4.90 Å². The molecule has 2 aliphatic heterocycles. The molecule has 6 nitrogen and oxygen atoms in total. The fraction of sp³-hybridized carbons (Fsp3) is 0.304. The molecule has 1 amide bonds. The second-order valence-corrected chi connectivity index (χ2v) is 7.37. The van der Waals surface area contributed by atoms with Gasteiger partial charge in [-0.25, -0.2) is 4.39 Å². The largest absolute Gasteiger partial charge is 0.507 e. The smallest absolute Gasteiger partial charge is 0.295 e. The first-order valence-corrected chi connectivity index (χ1v) is 9.79. The van der Waals surface area contributed by atoms with Gasteiger partial charge in [0.05, 0.1) is 24.8 Å². The van der Waals surface area contributed by atoms with Gasteiger partial charge in [-0.05, 0) is 54.8 Å². The summed E-state index contributed by atoms with van der Waals surface area (Å²) >= 11 is 0. The second kappa shape index (κ2) is 8.28. The highest BCUT2D eigenvalue weighted by Gasteiger charge is 2.47. The number of benzene rings is 2. The standard InChI is InChI=1S/C23H22FNO5/c1-29-17-10-6-15(7-11-17)21(26)19-20(14-4-8-16(24)9-5-14)25(23(28)22(19)27)13-18-3-2-12-30-18/h4-11,18,20,26H,2-3,12-13H2,1H3. The molecule has 0 aromatic heterocycles. The van der Waals surface area contributed by atoms with Crippen LogP contribution in [-0.4, -0.2) is 48.1 Å². The van der Waals surface area contributed by atoms with E-state index in [2.05, 4.69) is 0 Å². The van der Waals surface area contributed by atoms with Crippen molar-refractivity contribution in [2.24, 2.45) is 0 Å². The third-order valence-electron chi connectivity index (χ3n) is 5.51. The minimum Gasteiger partial charge on any atom is -0.507 e. The molecular formula is C23H22FNO5. The van der Waals surface area contributed by atoms with E-state index in [0.29, 0.717) is 23.5 Å². The summed E-state index contributed by atoms with van der Waals surface area (Å²) in [7, 11) is 1.53. The minimum atomic E-state index is -0.822. The molecule has 2 atom stereocenters. The van der Waals surface area contributed by atoms with Gasteiger partial charge in [-0.3, -0.25) is 9.59 Å². The zero-order valence-electron chi connectivity index (χ0n) is 16.5.